The average Bonchev–Trinajstić information content (AvgIpc) is 1.59. The fourth-order valence-corrected chi connectivity index (χ4v) is 2.56. The standard InChI is InChI=1S/C6H16O2SSi/c1-10(2,3)5-6(7)4-8-9/h6-7,9H,4-5H2,1-3H3/t6-/m1/s1. The molecule has 0 aliphatic carbocycles. The predicted octanol–water partition coefficient (Wildman–Crippen LogP) is 1.55. The Morgan fingerprint density at radius 3 is 2.30 bits per heavy atom. The van der Waals surface area contributed by atoms with E-state index >= 15 is 0 Å². The number of rotatable bonds is 4. The first-order valence-electron chi connectivity index (χ1n) is 3.40. The van der Waals surface area contributed by atoms with Gasteiger partial charge in [0.25, 0.3) is 0 Å². The summed E-state index contributed by atoms with van der Waals surface area (Å²) in [6.07, 6.45) is -0.329. The molecule has 2 nitrogen and oxygen atoms in total. The molecule has 0 aromatic carbocycles. The maximum atomic E-state index is 9.25. The third kappa shape index (κ3) is 6.60. The van der Waals surface area contributed by atoms with Crippen molar-refractivity contribution in [2.75, 3.05) is 6.61 Å². The molecule has 0 bridgehead atoms. The van der Waals surface area contributed by atoms with E-state index < -0.39 is 8.07 Å². The molecule has 0 aliphatic rings. The maximum absolute atomic E-state index is 9.25. The van der Waals surface area contributed by atoms with E-state index in [-0.39, 0.29) is 6.10 Å². The Balaban J connectivity index is 3.47. The lowest BCUT2D eigenvalue weighted by atomic mass is 10.4. The molecule has 0 saturated heterocycles. The first-order chi connectivity index (χ1) is 4.45. The Labute approximate surface area is 69.2 Å². The third-order valence-corrected chi connectivity index (χ3v) is 2.96. The molecule has 10 heavy (non-hydrogen) atoms. The van der Waals surface area contributed by atoms with Crippen molar-refractivity contribution < 1.29 is 9.29 Å². The Morgan fingerprint density at radius 2 is 2.00 bits per heavy atom. The molecule has 0 aliphatic heterocycles. The van der Waals surface area contributed by atoms with E-state index in [9.17, 15) is 5.11 Å². The molecule has 0 fully saturated rings. The molecule has 0 amide bonds. The van der Waals surface area contributed by atoms with Crippen LogP contribution in [0.2, 0.25) is 25.7 Å². The maximum Gasteiger partial charge on any atom is 0.0867 e. The second kappa shape index (κ2) is 4.38. The molecule has 0 aromatic rings. The smallest absolute Gasteiger partial charge is 0.0867 e. The van der Waals surface area contributed by atoms with Crippen LogP contribution in [0.15, 0.2) is 0 Å². The van der Waals surface area contributed by atoms with Gasteiger partial charge in [-0.05, 0) is 19.0 Å². The lowest BCUT2D eigenvalue weighted by molar-refractivity contribution is 0.135. The Hall–Kier alpha value is 0.487. The van der Waals surface area contributed by atoms with Gasteiger partial charge in [0.15, 0.2) is 0 Å². The van der Waals surface area contributed by atoms with Gasteiger partial charge >= 0.3 is 0 Å². The minimum absolute atomic E-state index is 0.329. The summed E-state index contributed by atoms with van der Waals surface area (Å²) >= 11 is 3.57. The average molecular weight is 180 g/mol. The predicted molar refractivity (Wildman–Crippen MR) is 49.1 cm³/mol. The van der Waals surface area contributed by atoms with Crippen molar-refractivity contribution in [3.05, 3.63) is 0 Å². The lowest BCUT2D eigenvalue weighted by Crippen LogP contribution is -2.28. The summed E-state index contributed by atoms with van der Waals surface area (Å²) in [5.74, 6) is 0. The van der Waals surface area contributed by atoms with Crippen LogP contribution in [0.3, 0.4) is 0 Å². The van der Waals surface area contributed by atoms with E-state index in [2.05, 4.69) is 36.7 Å². The van der Waals surface area contributed by atoms with Crippen LogP contribution in [0.1, 0.15) is 0 Å². The van der Waals surface area contributed by atoms with Gasteiger partial charge in [-0.25, -0.2) is 0 Å². The topological polar surface area (TPSA) is 29.5 Å². The molecule has 1 N–H and O–H groups in total. The number of hydrogen-bond acceptors (Lipinski definition) is 3. The molecule has 0 aromatic heterocycles. The van der Waals surface area contributed by atoms with Crippen molar-refractivity contribution >= 4 is 21.0 Å². The van der Waals surface area contributed by atoms with E-state index in [1.807, 2.05) is 0 Å². The summed E-state index contributed by atoms with van der Waals surface area (Å²) in [5.41, 5.74) is 0. The first kappa shape index (κ1) is 10.5. The molecule has 0 radical (unpaired) electrons. The molecule has 0 heterocycles. The highest BCUT2D eigenvalue weighted by Gasteiger charge is 2.18. The van der Waals surface area contributed by atoms with Crippen molar-refractivity contribution in [1.29, 1.82) is 0 Å². The van der Waals surface area contributed by atoms with Crippen LogP contribution in [-0.2, 0) is 4.18 Å². The van der Waals surface area contributed by atoms with Crippen LogP contribution in [0, 0.1) is 0 Å². The summed E-state index contributed by atoms with van der Waals surface area (Å²) in [6.45, 7) is 6.99. The zero-order valence-corrected chi connectivity index (χ0v) is 8.69. The highest BCUT2D eigenvalue weighted by atomic mass is 32.1. The minimum atomic E-state index is -1.12. The van der Waals surface area contributed by atoms with Crippen LogP contribution < -0.4 is 0 Å². The van der Waals surface area contributed by atoms with Crippen molar-refractivity contribution in [3.63, 3.8) is 0 Å². The molecule has 0 saturated carbocycles. The summed E-state index contributed by atoms with van der Waals surface area (Å²) < 4.78 is 4.52. The van der Waals surface area contributed by atoms with Gasteiger partial charge in [0, 0.05) is 8.07 Å². The van der Waals surface area contributed by atoms with Crippen LogP contribution in [0.5, 0.6) is 0 Å². The molecule has 62 valence electrons. The van der Waals surface area contributed by atoms with Crippen molar-refractivity contribution in [2.24, 2.45) is 0 Å². The molecule has 0 rings (SSSR count). The zero-order chi connectivity index (χ0) is 8.20. The summed E-state index contributed by atoms with van der Waals surface area (Å²) in [7, 11) is -1.12. The van der Waals surface area contributed by atoms with Crippen LogP contribution in [0.25, 0.3) is 0 Å². The minimum Gasteiger partial charge on any atom is -0.391 e. The Bertz CT molecular complexity index is 92.2. The Kier molecular flexibility index (Phi) is 4.60. The number of thiol groups is 1. The summed E-state index contributed by atoms with van der Waals surface area (Å²) in [6, 6.07) is 0.883. The van der Waals surface area contributed by atoms with E-state index in [1.54, 1.807) is 0 Å². The molecular formula is C6H16O2SSi. The number of aliphatic hydroxyl groups is 1. The van der Waals surface area contributed by atoms with E-state index in [1.165, 1.54) is 0 Å². The van der Waals surface area contributed by atoms with Gasteiger partial charge in [-0.2, -0.15) is 0 Å². The molecule has 1 atom stereocenters. The normalized spacial score (nSPS) is 15.3. The highest BCUT2D eigenvalue weighted by molar-refractivity contribution is 7.75. The molecule has 0 spiro atoms. The number of aliphatic hydroxyl groups excluding tert-OH is 1. The van der Waals surface area contributed by atoms with Gasteiger partial charge in [-0.3, -0.25) is 0 Å². The highest BCUT2D eigenvalue weighted by Crippen LogP contribution is 2.11. The third-order valence-electron chi connectivity index (χ3n) is 1.11. The van der Waals surface area contributed by atoms with Gasteiger partial charge in [-0.1, -0.05) is 19.6 Å². The summed E-state index contributed by atoms with van der Waals surface area (Å²) in [4.78, 5) is 0. The van der Waals surface area contributed by atoms with Crippen molar-refractivity contribution in [2.45, 2.75) is 31.8 Å². The van der Waals surface area contributed by atoms with Crippen LogP contribution in [-0.4, -0.2) is 25.9 Å². The molecule has 4 heteroatoms. The van der Waals surface area contributed by atoms with Crippen molar-refractivity contribution in [1.82, 2.24) is 0 Å². The van der Waals surface area contributed by atoms with E-state index in [0.29, 0.717) is 6.61 Å². The molecular weight excluding hydrogens is 164 g/mol. The molecule has 0 unspecified atom stereocenters. The van der Waals surface area contributed by atoms with E-state index in [0.717, 1.165) is 6.04 Å². The fraction of sp³-hybridized carbons (Fsp3) is 1.00. The second-order valence-electron chi connectivity index (χ2n) is 3.71. The van der Waals surface area contributed by atoms with Gasteiger partial charge in [0.05, 0.1) is 12.7 Å². The number of hydrogen-bond donors (Lipinski definition) is 2. The monoisotopic (exact) mass is 180 g/mol. The van der Waals surface area contributed by atoms with Crippen molar-refractivity contribution in [3.8, 4) is 0 Å². The lowest BCUT2D eigenvalue weighted by Gasteiger charge is -2.19. The quantitative estimate of drug-likeness (QED) is 0.390. The first-order valence-corrected chi connectivity index (χ1v) is 7.47. The van der Waals surface area contributed by atoms with Gasteiger partial charge in [0.1, 0.15) is 0 Å². The Morgan fingerprint density at radius 1 is 1.50 bits per heavy atom. The second-order valence-corrected chi connectivity index (χ2v) is 9.50. The van der Waals surface area contributed by atoms with Crippen LogP contribution in [0.4, 0.5) is 0 Å². The van der Waals surface area contributed by atoms with E-state index in [4.69, 9.17) is 0 Å². The largest absolute Gasteiger partial charge is 0.391 e. The SMILES string of the molecule is C[Si](C)(C)C[C@H](O)COS. The van der Waals surface area contributed by atoms with Gasteiger partial charge < -0.3 is 9.29 Å². The fourth-order valence-electron chi connectivity index (χ4n) is 0.852. The summed E-state index contributed by atoms with van der Waals surface area (Å²) in [5, 5.41) is 9.25. The van der Waals surface area contributed by atoms with Crippen LogP contribution >= 0.6 is 12.9 Å². The van der Waals surface area contributed by atoms with Gasteiger partial charge in [0.2, 0.25) is 0 Å². The zero-order valence-electron chi connectivity index (χ0n) is 6.79. The van der Waals surface area contributed by atoms with Gasteiger partial charge in [-0.15, -0.1) is 0 Å².